The Morgan fingerprint density at radius 3 is 2.35 bits per heavy atom. The van der Waals surface area contributed by atoms with Crippen molar-refractivity contribution < 1.29 is 4.79 Å². The van der Waals surface area contributed by atoms with Gasteiger partial charge in [-0.1, -0.05) is 61.0 Å². The zero-order valence-electron chi connectivity index (χ0n) is 13.4. The van der Waals surface area contributed by atoms with Crippen molar-refractivity contribution in [2.24, 2.45) is 5.92 Å². The number of benzene rings is 2. The van der Waals surface area contributed by atoms with E-state index in [1.54, 1.807) is 0 Å². The van der Waals surface area contributed by atoms with Crippen LogP contribution in [0.4, 0.5) is 0 Å². The summed E-state index contributed by atoms with van der Waals surface area (Å²) in [5.41, 5.74) is 3.42. The number of nitrogens with zero attached hydrogens (tertiary/aromatic N) is 1. The maximum absolute atomic E-state index is 13.0. The molecule has 1 saturated heterocycles. The summed E-state index contributed by atoms with van der Waals surface area (Å²) in [7, 11) is 0. The number of carbonyl (C=O) groups is 1. The molecule has 0 radical (unpaired) electrons. The van der Waals surface area contributed by atoms with Crippen LogP contribution in [0.2, 0.25) is 0 Å². The van der Waals surface area contributed by atoms with Gasteiger partial charge in [-0.2, -0.15) is 0 Å². The number of hydrogen-bond acceptors (Lipinski definition) is 2. The SMILES string of the molecule is O=C1c2ccccc2C(c2ccccc2)C1CN1CCCCC1. The minimum absolute atomic E-state index is 0.0629. The van der Waals surface area contributed by atoms with E-state index in [1.807, 2.05) is 18.2 Å². The van der Waals surface area contributed by atoms with E-state index in [2.05, 4.69) is 41.3 Å². The van der Waals surface area contributed by atoms with Crippen molar-refractivity contribution in [2.75, 3.05) is 19.6 Å². The first-order chi connectivity index (χ1) is 11.3. The minimum Gasteiger partial charge on any atom is -0.303 e. The fourth-order valence-electron chi connectivity index (χ4n) is 4.24. The molecule has 23 heavy (non-hydrogen) atoms. The number of likely N-dealkylation sites (tertiary alicyclic amines) is 1. The van der Waals surface area contributed by atoms with Crippen molar-refractivity contribution in [2.45, 2.75) is 25.2 Å². The monoisotopic (exact) mass is 305 g/mol. The fraction of sp³-hybridized carbons (Fsp3) is 0.381. The number of ketones is 1. The average molecular weight is 305 g/mol. The molecule has 2 aromatic carbocycles. The highest BCUT2D eigenvalue weighted by Gasteiger charge is 2.40. The normalized spacial score (nSPS) is 24.6. The smallest absolute Gasteiger partial charge is 0.168 e. The molecule has 0 N–H and O–H groups in total. The number of hydrogen-bond donors (Lipinski definition) is 0. The minimum atomic E-state index is 0.0629. The van der Waals surface area contributed by atoms with Crippen molar-refractivity contribution in [1.29, 1.82) is 0 Å². The van der Waals surface area contributed by atoms with E-state index < -0.39 is 0 Å². The van der Waals surface area contributed by atoms with Gasteiger partial charge >= 0.3 is 0 Å². The van der Waals surface area contributed by atoms with E-state index in [-0.39, 0.29) is 11.8 Å². The summed E-state index contributed by atoms with van der Waals surface area (Å²) in [6.45, 7) is 3.18. The Balaban J connectivity index is 1.70. The second-order valence-electron chi connectivity index (χ2n) is 6.81. The van der Waals surface area contributed by atoms with Gasteiger partial charge in [-0.25, -0.2) is 0 Å². The first-order valence-corrected chi connectivity index (χ1v) is 8.75. The van der Waals surface area contributed by atoms with E-state index >= 15 is 0 Å². The predicted octanol–water partition coefficient (Wildman–Crippen LogP) is 4.12. The quantitative estimate of drug-likeness (QED) is 0.850. The number of piperidine rings is 1. The molecule has 2 nitrogen and oxygen atoms in total. The molecule has 1 aliphatic heterocycles. The molecular formula is C21H23NO. The molecule has 0 amide bonds. The van der Waals surface area contributed by atoms with Crippen molar-refractivity contribution in [1.82, 2.24) is 4.90 Å². The van der Waals surface area contributed by atoms with Crippen molar-refractivity contribution in [3.8, 4) is 0 Å². The third-order valence-corrected chi connectivity index (χ3v) is 5.36. The van der Waals surface area contributed by atoms with Gasteiger partial charge in [0.1, 0.15) is 0 Å². The Labute approximate surface area is 138 Å². The number of rotatable bonds is 3. The van der Waals surface area contributed by atoms with Gasteiger partial charge in [0.2, 0.25) is 0 Å². The van der Waals surface area contributed by atoms with E-state index in [0.717, 1.165) is 25.2 Å². The van der Waals surface area contributed by atoms with Crippen LogP contribution in [0.3, 0.4) is 0 Å². The molecular weight excluding hydrogens is 282 g/mol. The van der Waals surface area contributed by atoms with Gasteiger partial charge < -0.3 is 4.90 Å². The summed E-state index contributed by atoms with van der Waals surface area (Å²) in [6.07, 6.45) is 3.87. The highest BCUT2D eigenvalue weighted by molar-refractivity contribution is 6.04. The lowest BCUT2D eigenvalue weighted by Gasteiger charge is -2.31. The highest BCUT2D eigenvalue weighted by atomic mass is 16.1. The second kappa shape index (κ2) is 6.29. The van der Waals surface area contributed by atoms with E-state index in [0.29, 0.717) is 5.78 Å². The average Bonchev–Trinajstić information content (AvgIpc) is 2.89. The van der Waals surface area contributed by atoms with Crippen LogP contribution in [-0.2, 0) is 0 Å². The summed E-state index contributed by atoms with van der Waals surface area (Å²) in [5, 5.41) is 0. The van der Waals surface area contributed by atoms with Crippen LogP contribution in [0.15, 0.2) is 54.6 Å². The van der Waals surface area contributed by atoms with Crippen LogP contribution < -0.4 is 0 Å². The van der Waals surface area contributed by atoms with E-state index in [4.69, 9.17) is 0 Å². The molecule has 1 heterocycles. The van der Waals surface area contributed by atoms with Gasteiger partial charge in [-0.15, -0.1) is 0 Å². The highest BCUT2D eigenvalue weighted by Crippen LogP contribution is 2.42. The van der Waals surface area contributed by atoms with Crippen LogP contribution in [0, 0.1) is 5.92 Å². The zero-order valence-corrected chi connectivity index (χ0v) is 13.4. The molecule has 0 spiro atoms. The van der Waals surface area contributed by atoms with Gasteiger partial charge in [-0.05, 0) is 37.1 Å². The maximum Gasteiger partial charge on any atom is 0.168 e. The molecule has 0 bridgehead atoms. The molecule has 0 aromatic heterocycles. The van der Waals surface area contributed by atoms with E-state index in [9.17, 15) is 4.79 Å². The molecule has 1 aliphatic carbocycles. The Morgan fingerprint density at radius 2 is 1.57 bits per heavy atom. The summed E-state index contributed by atoms with van der Waals surface area (Å²) in [5.74, 6) is 0.606. The number of Topliss-reactive ketones (excluding diaryl/α,β-unsaturated/α-hetero) is 1. The maximum atomic E-state index is 13.0. The first-order valence-electron chi connectivity index (χ1n) is 8.75. The fourth-order valence-corrected chi connectivity index (χ4v) is 4.24. The summed E-state index contributed by atoms with van der Waals surface area (Å²) >= 11 is 0. The molecule has 2 aliphatic rings. The van der Waals surface area contributed by atoms with Crippen LogP contribution in [-0.4, -0.2) is 30.3 Å². The lowest BCUT2D eigenvalue weighted by molar-refractivity contribution is 0.0877. The van der Waals surface area contributed by atoms with Crippen LogP contribution in [0.1, 0.15) is 46.7 Å². The van der Waals surface area contributed by atoms with Crippen molar-refractivity contribution in [3.63, 3.8) is 0 Å². The molecule has 2 aromatic rings. The summed E-state index contributed by atoms with van der Waals surface area (Å²) in [6, 6.07) is 18.7. The third-order valence-electron chi connectivity index (χ3n) is 5.36. The third kappa shape index (κ3) is 2.72. The number of carbonyl (C=O) groups excluding carboxylic acids is 1. The van der Waals surface area contributed by atoms with Gasteiger partial charge in [0, 0.05) is 23.9 Å². The Bertz CT molecular complexity index is 688. The summed E-state index contributed by atoms with van der Waals surface area (Å²) < 4.78 is 0. The molecule has 2 unspecified atom stereocenters. The van der Waals surface area contributed by atoms with Gasteiger partial charge in [0.15, 0.2) is 5.78 Å². The molecule has 2 atom stereocenters. The van der Waals surface area contributed by atoms with Crippen molar-refractivity contribution in [3.05, 3.63) is 71.3 Å². The lowest BCUT2D eigenvalue weighted by Crippen LogP contribution is -2.37. The first kappa shape index (κ1) is 14.6. The standard InChI is InChI=1S/C21H23NO/c23-21-18-12-6-5-11-17(18)20(16-9-3-1-4-10-16)19(21)15-22-13-7-2-8-14-22/h1,3-6,9-12,19-20H,2,7-8,13-15H2. The van der Waals surface area contributed by atoms with Crippen molar-refractivity contribution >= 4 is 5.78 Å². The molecule has 118 valence electrons. The van der Waals surface area contributed by atoms with Crippen LogP contribution >= 0.6 is 0 Å². The molecule has 2 heteroatoms. The van der Waals surface area contributed by atoms with Gasteiger partial charge in [0.25, 0.3) is 0 Å². The zero-order chi connectivity index (χ0) is 15.6. The summed E-state index contributed by atoms with van der Waals surface area (Å²) in [4.78, 5) is 15.5. The Kier molecular flexibility index (Phi) is 4.00. The van der Waals surface area contributed by atoms with Gasteiger partial charge in [0.05, 0.1) is 0 Å². The van der Waals surface area contributed by atoms with Crippen LogP contribution in [0.25, 0.3) is 0 Å². The largest absolute Gasteiger partial charge is 0.303 e. The molecule has 0 saturated carbocycles. The van der Waals surface area contributed by atoms with E-state index in [1.165, 1.54) is 30.4 Å². The lowest BCUT2D eigenvalue weighted by atomic mass is 9.85. The Morgan fingerprint density at radius 1 is 0.870 bits per heavy atom. The second-order valence-corrected chi connectivity index (χ2v) is 6.81. The van der Waals surface area contributed by atoms with Gasteiger partial charge in [-0.3, -0.25) is 4.79 Å². The number of fused-ring (bicyclic) bond motifs is 1. The predicted molar refractivity (Wildman–Crippen MR) is 92.8 cm³/mol. The molecule has 1 fully saturated rings. The Hall–Kier alpha value is -1.93. The molecule has 4 rings (SSSR count). The van der Waals surface area contributed by atoms with Crippen LogP contribution in [0.5, 0.6) is 0 Å². The topological polar surface area (TPSA) is 20.3 Å².